The van der Waals surface area contributed by atoms with Crippen molar-refractivity contribution in [3.8, 4) is 0 Å². The molecule has 92 valence electrons. The lowest BCUT2D eigenvalue weighted by Crippen LogP contribution is -2.00. The van der Waals surface area contributed by atoms with Gasteiger partial charge < -0.3 is 5.32 Å². The first-order chi connectivity index (χ1) is 9.33. The largest absolute Gasteiger partial charge is 0.353 e. The van der Waals surface area contributed by atoms with E-state index in [1.807, 2.05) is 0 Å². The number of anilines is 2. The Morgan fingerprint density at radius 2 is 1.58 bits per heavy atom. The highest BCUT2D eigenvalue weighted by Crippen LogP contribution is 2.48. The Morgan fingerprint density at radius 1 is 0.842 bits per heavy atom. The molecule has 3 aromatic carbocycles. The van der Waals surface area contributed by atoms with Crippen molar-refractivity contribution in [3.63, 3.8) is 0 Å². The molecule has 1 N–H and O–H groups in total. The van der Waals surface area contributed by atoms with Crippen LogP contribution in [0.2, 0.25) is 0 Å². The van der Waals surface area contributed by atoms with E-state index in [4.69, 9.17) is 0 Å². The average molecular weight is 281 g/mol. The smallest absolute Gasteiger partial charge is 0.0606 e. The number of hydrogen-bond acceptors (Lipinski definition) is 3. The number of para-hydroxylation sites is 1. The van der Waals surface area contributed by atoms with Crippen molar-refractivity contribution in [1.82, 2.24) is 0 Å². The Hall–Kier alpha value is -1.58. The van der Waals surface area contributed by atoms with E-state index in [1.54, 1.807) is 11.8 Å². The van der Waals surface area contributed by atoms with E-state index in [1.165, 1.54) is 31.9 Å². The van der Waals surface area contributed by atoms with Crippen molar-refractivity contribution in [2.24, 2.45) is 0 Å². The Kier molecular flexibility index (Phi) is 2.50. The fourth-order valence-electron chi connectivity index (χ4n) is 2.45. The Bertz CT molecular complexity index is 796. The number of thiol groups is 1. The predicted molar refractivity (Wildman–Crippen MR) is 85.0 cm³/mol. The number of rotatable bonds is 0. The summed E-state index contributed by atoms with van der Waals surface area (Å²) in [6.45, 7) is 0. The van der Waals surface area contributed by atoms with Crippen LogP contribution in [0.5, 0.6) is 0 Å². The molecule has 3 aromatic rings. The zero-order chi connectivity index (χ0) is 12.8. The van der Waals surface area contributed by atoms with Gasteiger partial charge in [-0.15, -0.1) is 12.6 Å². The van der Waals surface area contributed by atoms with E-state index in [0.29, 0.717) is 0 Å². The lowest BCUT2D eigenvalue weighted by atomic mass is 10.1. The van der Waals surface area contributed by atoms with Crippen LogP contribution in [0.25, 0.3) is 10.8 Å². The number of fused-ring (bicyclic) bond motifs is 4. The zero-order valence-electron chi connectivity index (χ0n) is 10.1. The first-order valence-corrected chi connectivity index (χ1v) is 7.38. The SMILES string of the molecule is Sc1cc2c(c3ccccc13)Nc1ccccc1S2. The normalized spacial score (nSPS) is 12.7. The lowest BCUT2D eigenvalue weighted by Gasteiger charge is -2.23. The maximum atomic E-state index is 4.61. The molecule has 1 nitrogen and oxygen atoms in total. The molecule has 0 bridgehead atoms. The maximum Gasteiger partial charge on any atom is 0.0606 e. The number of hydrogen-bond donors (Lipinski definition) is 2. The summed E-state index contributed by atoms with van der Waals surface area (Å²) in [4.78, 5) is 3.53. The summed E-state index contributed by atoms with van der Waals surface area (Å²) in [5.41, 5.74) is 2.37. The summed E-state index contributed by atoms with van der Waals surface area (Å²) < 4.78 is 0. The molecule has 0 atom stereocenters. The Labute approximate surface area is 121 Å². The van der Waals surface area contributed by atoms with Crippen LogP contribution < -0.4 is 5.32 Å². The molecule has 0 radical (unpaired) electrons. The van der Waals surface area contributed by atoms with Gasteiger partial charge in [-0.1, -0.05) is 48.2 Å². The Balaban J connectivity index is 2.01. The molecule has 0 saturated carbocycles. The summed E-state index contributed by atoms with van der Waals surface area (Å²) in [7, 11) is 0. The van der Waals surface area contributed by atoms with Gasteiger partial charge in [0.25, 0.3) is 0 Å². The van der Waals surface area contributed by atoms with E-state index < -0.39 is 0 Å². The van der Waals surface area contributed by atoms with Crippen molar-refractivity contribution in [2.75, 3.05) is 5.32 Å². The third-order valence-electron chi connectivity index (χ3n) is 3.35. The molecule has 0 fully saturated rings. The van der Waals surface area contributed by atoms with Gasteiger partial charge in [-0.3, -0.25) is 0 Å². The summed E-state index contributed by atoms with van der Waals surface area (Å²) in [5, 5.41) is 5.98. The quantitative estimate of drug-likeness (QED) is 0.422. The van der Waals surface area contributed by atoms with Gasteiger partial charge in [0.15, 0.2) is 0 Å². The van der Waals surface area contributed by atoms with Crippen LogP contribution in [0.3, 0.4) is 0 Å². The van der Waals surface area contributed by atoms with Gasteiger partial charge in [0.2, 0.25) is 0 Å². The monoisotopic (exact) mass is 281 g/mol. The van der Waals surface area contributed by atoms with Crippen molar-refractivity contribution < 1.29 is 0 Å². The predicted octanol–water partition coefficient (Wildman–Crippen LogP) is 5.34. The zero-order valence-corrected chi connectivity index (χ0v) is 11.8. The molecule has 0 aliphatic carbocycles. The molecule has 0 amide bonds. The van der Waals surface area contributed by atoms with Crippen molar-refractivity contribution >= 4 is 46.5 Å². The summed E-state index contributed by atoms with van der Waals surface area (Å²) >= 11 is 6.41. The van der Waals surface area contributed by atoms with E-state index >= 15 is 0 Å². The molecular weight excluding hydrogens is 270 g/mol. The van der Waals surface area contributed by atoms with E-state index in [-0.39, 0.29) is 0 Å². The van der Waals surface area contributed by atoms with Crippen LogP contribution in [0.15, 0.2) is 69.3 Å². The second kappa shape index (κ2) is 4.22. The molecule has 3 heteroatoms. The Morgan fingerprint density at radius 3 is 2.47 bits per heavy atom. The maximum absolute atomic E-state index is 4.61. The molecule has 0 unspecified atom stereocenters. The minimum Gasteiger partial charge on any atom is -0.353 e. The highest BCUT2D eigenvalue weighted by Gasteiger charge is 2.18. The van der Waals surface area contributed by atoms with Crippen LogP contribution in [0, 0.1) is 0 Å². The highest BCUT2D eigenvalue weighted by atomic mass is 32.2. The van der Waals surface area contributed by atoms with Gasteiger partial charge >= 0.3 is 0 Å². The van der Waals surface area contributed by atoms with Crippen LogP contribution in [-0.4, -0.2) is 0 Å². The highest BCUT2D eigenvalue weighted by molar-refractivity contribution is 7.99. The molecule has 1 aliphatic heterocycles. The van der Waals surface area contributed by atoms with Gasteiger partial charge in [0, 0.05) is 20.1 Å². The topological polar surface area (TPSA) is 12.0 Å². The van der Waals surface area contributed by atoms with Crippen LogP contribution >= 0.6 is 24.4 Å². The molecule has 1 heterocycles. The summed E-state index contributed by atoms with van der Waals surface area (Å²) in [6.07, 6.45) is 0. The summed E-state index contributed by atoms with van der Waals surface area (Å²) in [6, 6.07) is 18.9. The summed E-state index contributed by atoms with van der Waals surface area (Å²) in [5.74, 6) is 0. The fourth-order valence-corrected chi connectivity index (χ4v) is 3.92. The molecule has 19 heavy (non-hydrogen) atoms. The number of nitrogens with one attached hydrogen (secondary N) is 1. The molecule has 1 aliphatic rings. The van der Waals surface area contributed by atoms with Gasteiger partial charge in [0.05, 0.1) is 11.4 Å². The first kappa shape index (κ1) is 11.3. The molecule has 0 spiro atoms. The fraction of sp³-hybridized carbons (Fsp3) is 0. The van der Waals surface area contributed by atoms with Crippen LogP contribution in [0.4, 0.5) is 11.4 Å². The molecule has 0 aromatic heterocycles. The van der Waals surface area contributed by atoms with E-state index in [9.17, 15) is 0 Å². The minimum atomic E-state index is 1.03. The second-order valence-electron chi connectivity index (χ2n) is 4.54. The van der Waals surface area contributed by atoms with Crippen molar-refractivity contribution in [3.05, 3.63) is 54.6 Å². The van der Waals surface area contributed by atoms with Crippen LogP contribution in [0.1, 0.15) is 0 Å². The van der Waals surface area contributed by atoms with Gasteiger partial charge in [-0.25, -0.2) is 0 Å². The van der Waals surface area contributed by atoms with Crippen molar-refractivity contribution in [2.45, 2.75) is 14.7 Å². The average Bonchev–Trinajstić information content (AvgIpc) is 2.46. The third kappa shape index (κ3) is 1.73. The van der Waals surface area contributed by atoms with Gasteiger partial charge in [0.1, 0.15) is 0 Å². The molecule has 4 rings (SSSR count). The first-order valence-electron chi connectivity index (χ1n) is 6.11. The van der Waals surface area contributed by atoms with Gasteiger partial charge in [-0.05, 0) is 23.6 Å². The second-order valence-corrected chi connectivity index (χ2v) is 6.10. The minimum absolute atomic E-state index is 1.03. The van der Waals surface area contributed by atoms with E-state index in [2.05, 4.69) is 72.5 Å². The van der Waals surface area contributed by atoms with Gasteiger partial charge in [-0.2, -0.15) is 0 Å². The lowest BCUT2D eigenvalue weighted by molar-refractivity contribution is 1.30. The van der Waals surface area contributed by atoms with Crippen molar-refractivity contribution in [1.29, 1.82) is 0 Å². The molecular formula is C16H11NS2. The third-order valence-corrected chi connectivity index (χ3v) is 4.84. The number of benzene rings is 3. The van der Waals surface area contributed by atoms with Crippen LogP contribution in [-0.2, 0) is 0 Å². The molecule has 0 saturated heterocycles. The van der Waals surface area contributed by atoms with E-state index in [0.717, 1.165) is 4.90 Å². The standard InChI is InChI=1S/C16H11NS2/c18-13-9-15-16(11-6-2-1-5-10(11)13)17-12-7-3-4-8-14(12)19-15/h1-9,17-18H.